The van der Waals surface area contributed by atoms with Gasteiger partial charge in [0.2, 0.25) is 0 Å². The fourth-order valence-electron chi connectivity index (χ4n) is 2.10. The molecule has 1 aliphatic heterocycles. The van der Waals surface area contributed by atoms with Gasteiger partial charge in [0.15, 0.2) is 11.7 Å². The number of anilines is 1. The van der Waals surface area contributed by atoms with E-state index in [1.807, 2.05) is 11.8 Å². The number of hydrogen-bond acceptors (Lipinski definition) is 4. The fourth-order valence-corrected chi connectivity index (χ4v) is 2.64. The maximum atomic E-state index is 14.4. The van der Waals surface area contributed by atoms with Gasteiger partial charge in [0.25, 0.3) is 0 Å². The summed E-state index contributed by atoms with van der Waals surface area (Å²) in [5.74, 6) is -0.551. The Morgan fingerprint density at radius 3 is 3.00 bits per heavy atom. The van der Waals surface area contributed by atoms with E-state index in [0.29, 0.717) is 31.0 Å². The summed E-state index contributed by atoms with van der Waals surface area (Å²) in [6, 6.07) is 3.36. The quantitative estimate of drug-likeness (QED) is 0.376. The molecule has 1 aromatic rings. The Morgan fingerprint density at radius 2 is 2.37 bits per heavy atom. The van der Waals surface area contributed by atoms with Crippen LogP contribution in [-0.2, 0) is 4.74 Å². The topological polar surface area (TPSA) is 71.1 Å². The van der Waals surface area contributed by atoms with Crippen LogP contribution in [-0.4, -0.2) is 36.8 Å². The van der Waals surface area contributed by atoms with Crippen molar-refractivity contribution < 1.29 is 14.3 Å². The zero-order valence-electron chi connectivity index (χ0n) is 10.4. The summed E-state index contributed by atoms with van der Waals surface area (Å²) in [6.07, 6.45) is 0. The van der Waals surface area contributed by atoms with Crippen LogP contribution in [0.2, 0.25) is 0 Å². The number of nitrogens with zero attached hydrogens (tertiary/aromatic N) is 2. The van der Waals surface area contributed by atoms with Gasteiger partial charge in [0.1, 0.15) is 0 Å². The van der Waals surface area contributed by atoms with Crippen molar-refractivity contribution in [3.63, 3.8) is 0 Å². The molecule has 0 radical (unpaired) electrons. The smallest absolute Gasteiger partial charge is 0.171 e. The molecule has 0 aromatic heterocycles. The van der Waals surface area contributed by atoms with Crippen molar-refractivity contribution in [3.05, 3.63) is 28.0 Å². The van der Waals surface area contributed by atoms with Crippen molar-refractivity contribution in [2.45, 2.75) is 13.0 Å². The van der Waals surface area contributed by atoms with E-state index in [0.717, 1.165) is 0 Å². The zero-order chi connectivity index (χ0) is 14.0. The summed E-state index contributed by atoms with van der Waals surface area (Å²) in [4.78, 5) is 1.94. The maximum absolute atomic E-state index is 14.4. The minimum Gasteiger partial charge on any atom is -0.409 e. The van der Waals surface area contributed by atoms with Crippen LogP contribution in [0, 0.1) is 5.82 Å². The second-order valence-corrected chi connectivity index (χ2v) is 5.16. The number of ether oxygens (including phenoxy) is 1. The minimum atomic E-state index is -0.419. The van der Waals surface area contributed by atoms with Crippen LogP contribution in [0.1, 0.15) is 12.5 Å². The standard InChI is InChI=1S/C12H15BrFN3O2/c1-7-6-19-5-4-17(7)9-3-2-8(12(15)16-18)10(13)11(9)14/h2-3,7,18H,4-6H2,1H3,(H2,15,16). The summed E-state index contributed by atoms with van der Waals surface area (Å²) in [5, 5.41) is 11.5. The molecule has 1 saturated heterocycles. The summed E-state index contributed by atoms with van der Waals surface area (Å²) in [6.45, 7) is 3.75. The molecule has 1 heterocycles. The maximum Gasteiger partial charge on any atom is 0.171 e. The van der Waals surface area contributed by atoms with Gasteiger partial charge >= 0.3 is 0 Å². The van der Waals surface area contributed by atoms with E-state index in [-0.39, 0.29) is 16.4 Å². The monoisotopic (exact) mass is 331 g/mol. The SMILES string of the molecule is CC1COCCN1c1ccc(/C(N)=N/O)c(Br)c1F. The predicted molar refractivity (Wildman–Crippen MR) is 74.2 cm³/mol. The highest BCUT2D eigenvalue weighted by atomic mass is 79.9. The first-order chi connectivity index (χ1) is 9.06. The van der Waals surface area contributed by atoms with Gasteiger partial charge in [-0.2, -0.15) is 0 Å². The van der Waals surface area contributed by atoms with Gasteiger partial charge in [-0.15, -0.1) is 0 Å². The minimum absolute atomic E-state index is 0.102. The van der Waals surface area contributed by atoms with Crippen molar-refractivity contribution in [1.29, 1.82) is 0 Å². The highest BCUT2D eigenvalue weighted by Crippen LogP contribution is 2.31. The van der Waals surface area contributed by atoms with Gasteiger partial charge in [-0.3, -0.25) is 0 Å². The van der Waals surface area contributed by atoms with Gasteiger partial charge in [-0.1, -0.05) is 5.16 Å². The average Bonchev–Trinajstić information content (AvgIpc) is 2.42. The lowest BCUT2D eigenvalue weighted by atomic mass is 10.1. The van der Waals surface area contributed by atoms with E-state index in [9.17, 15) is 4.39 Å². The van der Waals surface area contributed by atoms with Crippen molar-refractivity contribution in [2.24, 2.45) is 10.9 Å². The molecule has 3 N–H and O–H groups in total. The number of nitrogens with two attached hydrogens (primary N) is 1. The molecule has 0 aliphatic carbocycles. The van der Waals surface area contributed by atoms with Gasteiger partial charge < -0.3 is 20.6 Å². The number of rotatable bonds is 2. The first-order valence-corrected chi connectivity index (χ1v) is 6.65. The number of benzene rings is 1. The molecular weight excluding hydrogens is 317 g/mol. The fraction of sp³-hybridized carbons (Fsp3) is 0.417. The Labute approximate surface area is 119 Å². The number of oxime groups is 1. The summed E-state index contributed by atoms with van der Waals surface area (Å²) >= 11 is 3.15. The van der Waals surface area contributed by atoms with Crippen LogP contribution in [0.15, 0.2) is 21.8 Å². The van der Waals surface area contributed by atoms with Crippen LogP contribution < -0.4 is 10.6 Å². The number of hydrogen-bond donors (Lipinski definition) is 2. The molecule has 1 atom stereocenters. The molecule has 1 unspecified atom stereocenters. The molecule has 0 amide bonds. The van der Waals surface area contributed by atoms with Crippen molar-refractivity contribution in [3.8, 4) is 0 Å². The number of halogens is 2. The molecule has 1 aliphatic rings. The molecule has 0 bridgehead atoms. The zero-order valence-corrected chi connectivity index (χ0v) is 12.0. The van der Waals surface area contributed by atoms with Crippen molar-refractivity contribution in [1.82, 2.24) is 0 Å². The van der Waals surface area contributed by atoms with Gasteiger partial charge in [-0.25, -0.2) is 4.39 Å². The van der Waals surface area contributed by atoms with Crippen LogP contribution in [0.25, 0.3) is 0 Å². The lowest BCUT2D eigenvalue weighted by Gasteiger charge is -2.35. The molecule has 2 rings (SSSR count). The van der Waals surface area contributed by atoms with E-state index in [1.54, 1.807) is 12.1 Å². The van der Waals surface area contributed by atoms with E-state index < -0.39 is 5.82 Å². The third kappa shape index (κ3) is 2.66. The normalized spacial score (nSPS) is 20.7. The first kappa shape index (κ1) is 14.1. The molecule has 0 spiro atoms. The van der Waals surface area contributed by atoms with Crippen LogP contribution in [0.4, 0.5) is 10.1 Å². The molecule has 104 valence electrons. The molecule has 5 nitrogen and oxygen atoms in total. The van der Waals surface area contributed by atoms with Gasteiger partial charge in [-0.05, 0) is 35.0 Å². The molecule has 7 heteroatoms. The Morgan fingerprint density at radius 1 is 1.63 bits per heavy atom. The molecule has 1 fully saturated rings. The summed E-state index contributed by atoms with van der Waals surface area (Å²) < 4.78 is 19.9. The van der Waals surface area contributed by atoms with Gasteiger partial charge in [0, 0.05) is 18.2 Å². The average molecular weight is 332 g/mol. The van der Waals surface area contributed by atoms with Crippen LogP contribution in [0.3, 0.4) is 0 Å². The lowest BCUT2D eigenvalue weighted by Crippen LogP contribution is -2.44. The van der Waals surface area contributed by atoms with Crippen molar-refractivity contribution >= 4 is 27.5 Å². The second kappa shape index (κ2) is 5.75. The first-order valence-electron chi connectivity index (χ1n) is 5.86. The Bertz CT molecular complexity index is 510. The van der Waals surface area contributed by atoms with Gasteiger partial charge in [0.05, 0.1) is 23.4 Å². The Balaban J connectivity index is 2.41. The molecule has 19 heavy (non-hydrogen) atoms. The molecular formula is C12H15BrFN3O2. The highest BCUT2D eigenvalue weighted by Gasteiger charge is 2.24. The van der Waals surface area contributed by atoms with E-state index >= 15 is 0 Å². The van der Waals surface area contributed by atoms with E-state index in [2.05, 4.69) is 21.1 Å². The highest BCUT2D eigenvalue weighted by molar-refractivity contribution is 9.10. The Kier molecular flexibility index (Phi) is 4.26. The van der Waals surface area contributed by atoms with Crippen molar-refractivity contribution in [2.75, 3.05) is 24.7 Å². The third-order valence-corrected chi connectivity index (χ3v) is 3.90. The number of morpholine rings is 1. The van der Waals surface area contributed by atoms with E-state index in [1.165, 1.54) is 0 Å². The number of amidine groups is 1. The summed E-state index contributed by atoms with van der Waals surface area (Å²) in [7, 11) is 0. The lowest BCUT2D eigenvalue weighted by molar-refractivity contribution is 0.0986. The largest absolute Gasteiger partial charge is 0.409 e. The Hall–Kier alpha value is -1.34. The molecule has 0 saturated carbocycles. The second-order valence-electron chi connectivity index (χ2n) is 4.36. The predicted octanol–water partition coefficient (Wildman–Crippen LogP) is 1.91. The van der Waals surface area contributed by atoms with Crippen LogP contribution >= 0.6 is 15.9 Å². The molecule has 1 aromatic carbocycles. The van der Waals surface area contributed by atoms with E-state index in [4.69, 9.17) is 15.7 Å². The summed E-state index contributed by atoms with van der Waals surface area (Å²) in [5.41, 5.74) is 6.30. The third-order valence-electron chi connectivity index (χ3n) is 3.12. The van der Waals surface area contributed by atoms with Crippen LogP contribution in [0.5, 0.6) is 0 Å².